The van der Waals surface area contributed by atoms with Gasteiger partial charge in [0.15, 0.2) is 11.5 Å². The van der Waals surface area contributed by atoms with Crippen LogP contribution in [0.1, 0.15) is 17.4 Å². The third kappa shape index (κ3) is 3.67. The fourth-order valence-electron chi connectivity index (χ4n) is 1.60. The van der Waals surface area contributed by atoms with Gasteiger partial charge in [0.05, 0.1) is 10.7 Å². The van der Waals surface area contributed by atoms with Crippen LogP contribution >= 0.6 is 11.6 Å². The summed E-state index contributed by atoms with van der Waals surface area (Å²) in [5.41, 5.74) is 6.51. The van der Waals surface area contributed by atoms with Gasteiger partial charge in [0.2, 0.25) is 5.91 Å². The Bertz CT molecular complexity index is 705. The molecule has 1 aromatic heterocycles. The molecule has 2 aromatic rings. The van der Waals surface area contributed by atoms with E-state index >= 15 is 0 Å². The lowest BCUT2D eigenvalue weighted by Gasteiger charge is -2.09. The minimum Gasteiger partial charge on any atom is -0.382 e. The van der Waals surface area contributed by atoms with Gasteiger partial charge in [-0.2, -0.15) is 0 Å². The number of hydrogen-bond donors (Lipinski definition) is 3. The molecule has 0 aliphatic heterocycles. The van der Waals surface area contributed by atoms with E-state index in [1.165, 1.54) is 25.4 Å². The molecule has 1 aromatic carbocycles. The number of nitrogens with two attached hydrogens (primary N) is 1. The second kappa shape index (κ2) is 6.19. The van der Waals surface area contributed by atoms with Crippen molar-refractivity contribution in [1.82, 2.24) is 9.97 Å². The van der Waals surface area contributed by atoms with Crippen molar-refractivity contribution in [3.8, 4) is 0 Å². The van der Waals surface area contributed by atoms with Crippen molar-refractivity contribution in [2.75, 3.05) is 16.4 Å². The lowest BCUT2D eigenvalue weighted by Crippen LogP contribution is -2.16. The fourth-order valence-corrected chi connectivity index (χ4v) is 1.83. The SMILES string of the molecule is CC(=O)Nc1ccc(NC(=O)c2nccnc2N)cc1Cl. The number of anilines is 3. The third-order valence-corrected chi connectivity index (χ3v) is 2.79. The van der Waals surface area contributed by atoms with Crippen LogP contribution in [0.2, 0.25) is 5.02 Å². The number of carbonyl (C=O) groups is 2. The van der Waals surface area contributed by atoms with E-state index in [-0.39, 0.29) is 17.4 Å². The topological polar surface area (TPSA) is 110 Å². The highest BCUT2D eigenvalue weighted by Gasteiger charge is 2.13. The quantitative estimate of drug-likeness (QED) is 0.802. The molecule has 0 aliphatic rings. The summed E-state index contributed by atoms with van der Waals surface area (Å²) < 4.78 is 0. The Labute approximate surface area is 125 Å². The Morgan fingerprint density at radius 1 is 1.19 bits per heavy atom. The highest BCUT2D eigenvalue weighted by Crippen LogP contribution is 2.25. The summed E-state index contributed by atoms with van der Waals surface area (Å²) in [6.07, 6.45) is 2.77. The van der Waals surface area contributed by atoms with Crippen LogP contribution < -0.4 is 16.4 Å². The number of amides is 2. The molecule has 7 nitrogen and oxygen atoms in total. The van der Waals surface area contributed by atoms with Gasteiger partial charge in [-0.1, -0.05) is 11.6 Å². The number of benzene rings is 1. The van der Waals surface area contributed by atoms with Crippen molar-refractivity contribution >= 4 is 40.6 Å². The number of aromatic nitrogens is 2. The number of halogens is 1. The second-order valence-corrected chi connectivity index (χ2v) is 4.53. The molecule has 0 saturated heterocycles. The first-order valence-electron chi connectivity index (χ1n) is 5.92. The maximum Gasteiger partial charge on any atom is 0.278 e. The molecular formula is C13H12ClN5O2. The van der Waals surface area contributed by atoms with E-state index in [9.17, 15) is 9.59 Å². The Morgan fingerprint density at radius 3 is 2.52 bits per heavy atom. The molecule has 0 radical (unpaired) electrons. The highest BCUT2D eigenvalue weighted by molar-refractivity contribution is 6.34. The predicted molar refractivity (Wildman–Crippen MR) is 80.2 cm³/mol. The van der Waals surface area contributed by atoms with E-state index < -0.39 is 5.91 Å². The zero-order valence-corrected chi connectivity index (χ0v) is 11.8. The summed E-state index contributed by atoms with van der Waals surface area (Å²) in [6, 6.07) is 4.69. The normalized spacial score (nSPS) is 10.0. The molecule has 0 saturated carbocycles. The second-order valence-electron chi connectivity index (χ2n) is 4.12. The molecule has 0 fully saturated rings. The lowest BCUT2D eigenvalue weighted by molar-refractivity contribution is -0.114. The standard InChI is InChI=1S/C13H12ClN5O2/c1-7(20)18-10-3-2-8(6-9(10)14)19-13(21)11-12(15)17-5-4-16-11/h2-6H,1H3,(H2,15,17)(H,18,20)(H,19,21). The minimum absolute atomic E-state index is 0.0274. The third-order valence-electron chi connectivity index (χ3n) is 2.48. The Morgan fingerprint density at radius 2 is 1.90 bits per heavy atom. The molecule has 2 amide bonds. The number of nitrogens with zero attached hydrogens (tertiary/aromatic N) is 2. The van der Waals surface area contributed by atoms with Crippen molar-refractivity contribution in [3.05, 3.63) is 41.3 Å². The number of nitrogens with one attached hydrogen (secondary N) is 2. The zero-order chi connectivity index (χ0) is 15.4. The number of nitrogen functional groups attached to an aromatic ring is 1. The van der Waals surface area contributed by atoms with Gasteiger partial charge in [-0.25, -0.2) is 9.97 Å². The molecule has 4 N–H and O–H groups in total. The smallest absolute Gasteiger partial charge is 0.278 e. The van der Waals surface area contributed by atoms with Crippen LogP contribution in [0.3, 0.4) is 0 Å². The van der Waals surface area contributed by atoms with E-state index in [4.69, 9.17) is 17.3 Å². The summed E-state index contributed by atoms with van der Waals surface area (Å²) >= 11 is 6.02. The van der Waals surface area contributed by atoms with Gasteiger partial charge in [0.1, 0.15) is 0 Å². The molecule has 0 bridgehead atoms. The summed E-state index contributed by atoms with van der Waals surface area (Å²) in [7, 11) is 0. The van der Waals surface area contributed by atoms with Gasteiger partial charge >= 0.3 is 0 Å². The van der Waals surface area contributed by atoms with Crippen LogP contribution in [0.25, 0.3) is 0 Å². The van der Waals surface area contributed by atoms with Gasteiger partial charge in [0.25, 0.3) is 5.91 Å². The molecule has 0 atom stereocenters. The predicted octanol–water partition coefficient (Wildman–Crippen LogP) is 1.92. The van der Waals surface area contributed by atoms with E-state index in [0.717, 1.165) is 0 Å². The highest BCUT2D eigenvalue weighted by atomic mass is 35.5. The van der Waals surface area contributed by atoms with E-state index in [2.05, 4.69) is 20.6 Å². The summed E-state index contributed by atoms with van der Waals surface area (Å²) in [5.74, 6) is -0.694. The van der Waals surface area contributed by atoms with Crippen LogP contribution in [0, 0.1) is 0 Å². The summed E-state index contributed by atoms with van der Waals surface area (Å²) in [4.78, 5) is 30.6. The van der Waals surface area contributed by atoms with Crippen LogP contribution in [0.5, 0.6) is 0 Å². The molecule has 8 heteroatoms. The van der Waals surface area contributed by atoms with Gasteiger partial charge < -0.3 is 16.4 Å². The molecule has 1 heterocycles. The van der Waals surface area contributed by atoms with E-state index in [0.29, 0.717) is 16.4 Å². The fraction of sp³-hybridized carbons (Fsp3) is 0.0769. The van der Waals surface area contributed by atoms with Crippen molar-refractivity contribution < 1.29 is 9.59 Å². The first-order chi connectivity index (χ1) is 9.97. The largest absolute Gasteiger partial charge is 0.382 e. The van der Waals surface area contributed by atoms with Crippen molar-refractivity contribution in [2.45, 2.75) is 6.92 Å². The maximum absolute atomic E-state index is 12.0. The average Bonchev–Trinajstić information content (AvgIpc) is 2.42. The molecule has 21 heavy (non-hydrogen) atoms. The first kappa shape index (κ1) is 14.7. The summed E-state index contributed by atoms with van der Waals surface area (Å²) in [5, 5.41) is 5.47. The van der Waals surface area contributed by atoms with E-state index in [1.54, 1.807) is 12.1 Å². The maximum atomic E-state index is 12.0. The lowest BCUT2D eigenvalue weighted by atomic mass is 10.2. The van der Waals surface area contributed by atoms with Gasteiger partial charge in [-0.3, -0.25) is 9.59 Å². The van der Waals surface area contributed by atoms with Gasteiger partial charge in [-0.15, -0.1) is 0 Å². The monoisotopic (exact) mass is 305 g/mol. The Balaban J connectivity index is 2.17. The van der Waals surface area contributed by atoms with Crippen molar-refractivity contribution in [3.63, 3.8) is 0 Å². The molecule has 0 aliphatic carbocycles. The molecular weight excluding hydrogens is 294 g/mol. The van der Waals surface area contributed by atoms with Crippen LogP contribution in [-0.4, -0.2) is 21.8 Å². The molecule has 2 rings (SSSR count). The number of hydrogen-bond acceptors (Lipinski definition) is 5. The van der Waals surface area contributed by atoms with Crippen molar-refractivity contribution in [1.29, 1.82) is 0 Å². The number of carbonyl (C=O) groups excluding carboxylic acids is 2. The Hall–Kier alpha value is -2.67. The average molecular weight is 306 g/mol. The molecule has 108 valence electrons. The molecule has 0 unspecified atom stereocenters. The molecule has 0 spiro atoms. The van der Waals surface area contributed by atoms with Crippen LogP contribution in [0.4, 0.5) is 17.2 Å². The van der Waals surface area contributed by atoms with Gasteiger partial charge in [-0.05, 0) is 18.2 Å². The first-order valence-corrected chi connectivity index (χ1v) is 6.30. The summed E-state index contributed by atoms with van der Waals surface area (Å²) in [6.45, 7) is 1.38. The van der Waals surface area contributed by atoms with Crippen LogP contribution in [-0.2, 0) is 4.79 Å². The van der Waals surface area contributed by atoms with Crippen molar-refractivity contribution in [2.24, 2.45) is 0 Å². The van der Waals surface area contributed by atoms with Crippen LogP contribution in [0.15, 0.2) is 30.6 Å². The Kier molecular flexibility index (Phi) is 4.34. The minimum atomic E-state index is -0.496. The van der Waals surface area contributed by atoms with Gasteiger partial charge in [0, 0.05) is 25.0 Å². The zero-order valence-electron chi connectivity index (χ0n) is 11.1. The van der Waals surface area contributed by atoms with E-state index in [1.807, 2.05) is 0 Å². The number of rotatable bonds is 3.